The number of esters is 2. The number of hydrogen-bond donors (Lipinski definition) is 0. The maximum absolute atomic E-state index is 12.9. The highest BCUT2D eigenvalue weighted by Gasteiger charge is 2.30. The van der Waals surface area contributed by atoms with E-state index in [-0.39, 0.29) is 41.3 Å². The second kappa shape index (κ2) is 13.1. The lowest BCUT2D eigenvalue weighted by atomic mass is 9.87. The van der Waals surface area contributed by atoms with Gasteiger partial charge >= 0.3 is 18.1 Å². The molecule has 0 saturated carbocycles. The Morgan fingerprint density at radius 2 is 1.40 bits per heavy atom. The molecule has 0 unspecified atom stereocenters. The number of alkyl halides is 3. The summed E-state index contributed by atoms with van der Waals surface area (Å²) >= 11 is 0. The molecular formula is C32H34F3NO6. The van der Waals surface area contributed by atoms with Crippen molar-refractivity contribution in [1.29, 1.82) is 0 Å². The van der Waals surface area contributed by atoms with E-state index in [1.165, 1.54) is 23.8 Å². The van der Waals surface area contributed by atoms with Crippen molar-refractivity contribution in [1.82, 2.24) is 0 Å². The summed E-state index contributed by atoms with van der Waals surface area (Å²) in [5.41, 5.74) is 0.202. The zero-order valence-corrected chi connectivity index (χ0v) is 24.4. The molecule has 0 N–H and O–H groups in total. The Morgan fingerprint density at radius 3 is 1.98 bits per heavy atom. The van der Waals surface area contributed by atoms with Crippen LogP contribution in [-0.2, 0) is 21.2 Å². The summed E-state index contributed by atoms with van der Waals surface area (Å²) in [6, 6.07) is 15.7. The number of carbonyl (C=O) groups excluding carboxylic acids is 2. The molecular weight excluding hydrogens is 551 g/mol. The number of hydrogen-bond acceptors (Lipinski definition) is 7. The van der Waals surface area contributed by atoms with Crippen molar-refractivity contribution in [2.24, 2.45) is 5.16 Å². The molecule has 0 fully saturated rings. The molecule has 3 aromatic rings. The fourth-order valence-corrected chi connectivity index (χ4v) is 3.55. The lowest BCUT2D eigenvalue weighted by Crippen LogP contribution is -2.24. The summed E-state index contributed by atoms with van der Waals surface area (Å²) in [4.78, 5) is 30.8. The van der Waals surface area contributed by atoms with E-state index in [0.29, 0.717) is 0 Å². The maximum atomic E-state index is 12.9. The van der Waals surface area contributed by atoms with Gasteiger partial charge in [0, 0.05) is 6.07 Å². The Morgan fingerprint density at radius 1 is 0.786 bits per heavy atom. The molecule has 0 aliphatic carbocycles. The van der Waals surface area contributed by atoms with Gasteiger partial charge in [0.05, 0.1) is 17.3 Å². The highest BCUT2D eigenvalue weighted by molar-refractivity contribution is 5.96. The standard InChI is InChI=1S/C32H34F3NO6/c1-30(2,3)23-11-7-21(8-12-23)20-36-40-18-17-39-25-15-16-26(29(38)42-31(4,5)6)27(19-25)41-28(37)22-9-13-24(14-10-22)32(33,34)35/h7-16,19-20H,17-18H2,1-6H3/b36-20-. The Kier molecular flexibility index (Phi) is 10.0. The van der Waals surface area contributed by atoms with Crippen LogP contribution in [0.2, 0.25) is 0 Å². The normalized spacial score (nSPS) is 12.2. The van der Waals surface area contributed by atoms with Crippen LogP contribution in [0.25, 0.3) is 0 Å². The van der Waals surface area contributed by atoms with E-state index < -0.39 is 29.3 Å². The summed E-state index contributed by atoms with van der Waals surface area (Å²) in [6.07, 6.45) is -2.97. The van der Waals surface area contributed by atoms with Gasteiger partial charge in [-0.05, 0) is 73.7 Å². The predicted octanol–water partition coefficient (Wildman–Crippen LogP) is 7.61. The molecule has 224 valence electrons. The molecule has 7 nitrogen and oxygen atoms in total. The Labute approximate surface area is 243 Å². The Bertz CT molecular complexity index is 1400. The summed E-state index contributed by atoms with van der Waals surface area (Å²) in [6.45, 7) is 11.6. The van der Waals surface area contributed by atoms with Crippen molar-refractivity contribution in [2.75, 3.05) is 13.2 Å². The molecule has 3 rings (SSSR count). The van der Waals surface area contributed by atoms with Crippen molar-refractivity contribution in [3.63, 3.8) is 0 Å². The zero-order chi connectivity index (χ0) is 31.1. The topological polar surface area (TPSA) is 83.4 Å². The maximum Gasteiger partial charge on any atom is 0.416 e. The van der Waals surface area contributed by atoms with Crippen LogP contribution in [0.5, 0.6) is 11.5 Å². The summed E-state index contributed by atoms with van der Waals surface area (Å²) < 4.78 is 55.1. The predicted molar refractivity (Wildman–Crippen MR) is 152 cm³/mol. The van der Waals surface area contributed by atoms with Gasteiger partial charge in [-0.2, -0.15) is 13.2 Å². The van der Waals surface area contributed by atoms with Crippen LogP contribution < -0.4 is 9.47 Å². The van der Waals surface area contributed by atoms with Crippen molar-refractivity contribution >= 4 is 18.2 Å². The smallest absolute Gasteiger partial charge is 0.416 e. The number of carbonyl (C=O) groups is 2. The first-order valence-electron chi connectivity index (χ1n) is 13.2. The number of halogens is 3. The van der Waals surface area contributed by atoms with Crippen molar-refractivity contribution < 1.29 is 41.8 Å². The number of benzene rings is 3. The minimum absolute atomic E-state index is 0.0506. The van der Waals surface area contributed by atoms with Crippen LogP contribution in [0, 0.1) is 0 Å². The molecule has 42 heavy (non-hydrogen) atoms. The first-order valence-corrected chi connectivity index (χ1v) is 13.2. The molecule has 3 aromatic carbocycles. The van der Waals surface area contributed by atoms with Gasteiger partial charge in [-0.25, -0.2) is 9.59 Å². The monoisotopic (exact) mass is 585 g/mol. The lowest BCUT2D eigenvalue weighted by molar-refractivity contribution is -0.137. The van der Waals surface area contributed by atoms with E-state index in [4.69, 9.17) is 19.0 Å². The van der Waals surface area contributed by atoms with Gasteiger partial charge in [0.1, 0.15) is 29.3 Å². The van der Waals surface area contributed by atoms with E-state index in [2.05, 4.69) is 25.9 Å². The van der Waals surface area contributed by atoms with E-state index in [9.17, 15) is 22.8 Å². The highest BCUT2D eigenvalue weighted by Crippen LogP contribution is 2.31. The third-order valence-electron chi connectivity index (χ3n) is 5.72. The second-order valence-electron chi connectivity index (χ2n) is 11.4. The number of rotatable bonds is 9. The van der Waals surface area contributed by atoms with E-state index in [1.807, 2.05) is 24.3 Å². The summed E-state index contributed by atoms with van der Waals surface area (Å²) in [5.74, 6) is -1.64. The van der Waals surface area contributed by atoms with Crippen LogP contribution in [0.3, 0.4) is 0 Å². The van der Waals surface area contributed by atoms with Crippen molar-refractivity contribution in [3.8, 4) is 11.5 Å². The van der Waals surface area contributed by atoms with Crippen LogP contribution in [0.4, 0.5) is 13.2 Å². The second-order valence-corrected chi connectivity index (χ2v) is 11.4. The van der Waals surface area contributed by atoms with E-state index in [0.717, 1.165) is 29.8 Å². The quantitative estimate of drug-likeness (QED) is 0.0845. The van der Waals surface area contributed by atoms with Crippen LogP contribution >= 0.6 is 0 Å². The Balaban J connectivity index is 1.66. The van der Waals surface area contributed by atoms with Gasteiger partial charge in [0.15, 0.2) is 6.61 Å². The average Bonchev–Trinajstić information content (AvgIpc) is 2.89. The van der Waals surface area contributed by atoms with Crippen LogP contribution in [0.1, 0.15) is 78.9 Å². The number of oxime groups is 1. The largest absolute Gasteiger partial charge is 0.490 e. The SMILES string of the molecule is CC(C)(C)OC(=O)c1ccc(OCCO/N=C\c2ccc(C(C)(C)C)cc2)cc1OC(=O)c1ccc(C(F)(F)F)cc1. The summed E-state index contributed by atoms with van der Waals surface area (Å²) in [7, 11) is 0. The van der Waals surface area contributed by atoms with Crippen LogP contribution in [-0.4, -0.2) is 37.0 Å². The lowest BCUT2D eigenvalue weighted by Gasteiger charge is -2.20. The average molecular weight is 586 g/mol. The molecule has 0 amide bonds. The molecule has 0 bridgehead atoms. The van der Waals surface area contributed by atoms with Gasteiger partial charge in [0.2, 0.25) is 0 Å². The molecule has 10 heteroatoms. The highest BCUT2D eigenvalue weighted by atomic mass is 19.4. The van der Waals surface area contributed by atoms with E-state index >= 15 is 0 Å². The minimum atomic E-state index is -4.55. The fourth-order valence-electron chi connectivity index (χ4n) is 3.55. The molecule has 0 spiro atoms. The fraction of sp³-hybridized carbons (Fsp3) is 0.344. The van der Waals surface area contributed by atoms with Crippen molar-refractivity contribution in [3.05, 3.63) is 94.5 Å². The van der Waals surface area contributed by atoms with Gasteiger partial charge in [-0.3, -0.25) is 0 Å². The Hall–Kier alpha value is -4.34. The number of ether oxygens (including phenoxy) is 3. The number of nitrogens with zero attached hydrogens (tertiary/aromatic N) is 1. The first kappa shape index (κ1) is 32.2. The molecule has 0 radical (unpaired) electrons. The van der Waals surface area contributed by atoms with Gasteiger partial charge in [-0.1, -0.05) is 50.2 Å². The molecule has 0 aliphatic rings. The summed E-state index contributed by atoms with van der Waals surface area (Å²) in [5, 5.41) is 3.94. The molecule has 0 saturated heterocycles. The molecule has 0 aromatic heterocycles. The van der Waals surface area contributed by atoms with Gasteiger partial charge in [0.25, 0.3) is 0 Å². The van der Waals surface area contributed by atoms with Gasteiger partial charge in [-0.15, -0.1) is 0 Å². The molecule has 0 heterocycles. The zero-order valence-electron chi connectivity index (χ0n) is 24.4. The van der Waals surface area contributed by atoms with E-state index in [1.54, 1.807) is 27.0 Å². The van der Waals surface area contributed by atoms with Crippen molar-refractivity contribution in [2.45, 2.75) is 58.7 Å². The molecule has 0 aliphatic heterocycles. The molecule has 0 atom stereocenters. The third kappa shape index (κ3) is 9.64. The van der Waals surface area contributed by atoms with Crippen LogP contribution in [0.15, 0.2) is 71.9 Å². The third-order valence-corrected chi connectivity index (χ3v) is 5.72. The van der Waals surface area contributed by atoms with Gasteiger partial charge < -0.3 is 19.0 Å². The minimum Gasteiger partial charge on any atom is -0.490 e. The first-order chi connectivity index (χ1) is 19.5.